The number of hydrogen-bond donors (Lipinski definition) is 0. The largest absolute Gasteiger partial charge is 0.277 e. The maximum Gasteiger partial charge on any atom is 0.136 e. The molecule has 81 valence electrons. The molecule has 2 rings (SSSR count). The van der Waals surface area contributed by atoms with E-state index in [-0.39, 0.29) is 0 Å². The van der Waals surface area contributed by atoms with Crippen molar-refractivity contribution in [3.8, 4) is 0 Å². The first-order valence-electron chi connectivity index (χ1n) is 5.42. The van der Waals surface area contributed by atoms with Gasteiger partial charge in [-0.15, -0.1) is 0 Å². The van der Waals surface area contributed by atoms with E-state index in [1.807, 2.05) is 48.5 Å². The van der Waals surface area contributed by atoms with E-state index in [2.05, 4.69) is 13.0 Å². The molecule has 2 aromatic rings. The minimum Gasteiger partial charge on any atom is -0.277 e. The molecule has 0 saturated heterocycles. The lowest BCUT2D eigenvalue weighted by Gasteiger charge is -2.03. The van der Waals surface area contributed by atoms with Gasteiger partial charge in [-0.05, 0) is 36.2 Å². The highest BCUT2D eigenvalue weighted by Gasteiger charge is 2.07. The number of aryl methyl sites for hydroxylation is 1. The Morgan fingerprint density at radius 1 is 0.938 bits per heavy atom. The third kappa shape index (κ3) is 2.37. The summed E-state index contributed by atoms with van der Waals surface area (Å²) >= 11 is 0. The highest BCUT2D eigenvalue weighted by molar-refractivity contribution is 7.61. The van der Waals surface area contributed by atoms with E-state index >= 15 is 0 Å². The summed E-state index contributed by atoms with van der Waals surface area (Å²) in [4.78, 5) is 0. The van der Waals surface area contributed by atoms with Crippen LogP contribution in [0.4, 0.5) is 0 Å². The lowest BCUT2D eigenvalue weighted by atomic mass is 10.2. The van der Waals surface area contributed by atoms with Crippen LogP contribution in [0.5, 0.6) is 0 Å². The maximum atomic E-state index is 12.3. The van der Waals surface area contributed by atoms with Crippen molar-refractivity contribution >= 4 is 18.4 Å². The van der Waals surface area contributed by atoms with E-state index in [0.29, 0.717) is 0 Å². The molecule has 0 N–H and O–H groups in total. The fourth-order valence-electron chi connectivity index (χ4n) is 1.62. The third-order valence-electron chi connectivity index (χ3n) is 2.54. The first kappa shape index (κ1) is 11.0. The zero-order valence-electron chi connectivity index (χ0n) is 9.26. The highest BCUT2D eigenvalue weighted by Crippen LogP contribution is 2.19. The molecule has 0 amide bonds. The lowest BCUT2D eigenvalue weighted by Crippen LogP contribution is -2.06. The average molecular weight is 229 g/mol. The molecule has 0 bridgehead atoms. The van der Waals surface area contributed by atoms with Gasteiger partial charge in [-0.3, -0.25) is 4.57 Å². The van der Waals surface area contributed by atoms with Crippen LogP contribution in [0.15, 0.2) is 54.6 Å². The minimum absolute atomic E-state index is 0.894. The van der Waals surface area contributed by atoms with Crippen LogP contribution >= 0.6 is 7.80 Å². The summed E-state index contributed by atoms with van der Waals surface area (Å²) in [6.07, 6.45) is 0.978. The van der Waals surface area contributed by atoms with Gasteiger partial charge in [-0.1, -0.05) is 37.3 Å². The van der Waals surface area contributed by atoms with Gasteiger partial charge in [0.15, 0.2) is 0 Å². The molecule has 0 aliphatic rings. The molecule has 2 aromatic carbocycles. The Balaban J connectivity index is 2.34. The van der Waals surface area contributed by atoms with Gasteiger partial charge < -0.3 is 0 Å². The quantitative estimate of drug-likeness (QED) is 0.739. The fraction of sp³-hybridized carbons (Fsp3) is 0.143. The van der Waals surface area contributed by atoms with Crippen LogP contribution in [0.1, 0.15) is 12.5 Å². The standard InChI is InChI=1S/C14H14OP/c1-2-12-7-6-10-14(11-12)16(15)13-8-4-3-5-9-13/h3-11H,2H2,1H3. The van der Waals surface area contributed by atoms with Gasteiger partial charge in [0.2, 0.25) is 0 Å². The topological polar surface area (TPSA) is 17.1 Å². The van der Waals surface area contributed by atoms with Crippen molar-refractivity contribution in [2.75, 3.05) is 0 Å². The fourth-order valence-corrected chi connectivity index (χ4v) is 2.86. The maximum absolute atomic E-state index is 12.3. The zero-order valence-corrected chi connectivity index (χ0v) is 10.2. The molecular weight excluding hydrogens is 215 g/mol. The summed E-state index contributed by atoms with van der Waals surface area (Å²) in [6, 6.07) is 17.6. The van der Waals surface area contributed by atoms with Crippen molar-refractivity contribution in [2.24, 2.45) is 0 Å². The first-order chi connectivity index (χ1) is 7.81. The third-order valence-corrected chi connectivity index (χ3v) is 4.06. The van der Waals surface area contributed by atoms with Crippen molar-refractivity contribution in [2.45, 2.75) is 13.3 Å². The molecule has 2 heteroatoms. The molecule has 0 heterocycles. The molecule has 0 saturated carbocycles. The molecule has 1 unspecified atom stereocenters. The second-order valence-corrected chi connectivity index (χ2v) is 5.27. The SMILES string of the molecule is CCc1cccc([P](=O)c2ccccc2)c1. The summed E-state index contributed by atoms with van der Waals surface area (Å²) in [7, 11) is -1.44. The highest BCUT2D eigenvalue weighted by atomic mass is 31.1. The van der Waals surface area contributed by atoms with Crippen LogP contribution in [0, 0.1) is 0 Å². The summed E-state index contributed by atoms with van der Waals surface area (Å²) in [5.41, 5.74) is 1.23. The Labute approximate surface area is 96.9 Å². The number of hydrogen-bond acceptors (Lipinski definition) is 1. The Morgan fingerprint density at radius 2 is 1.62 bits per heavy atom. The van der Waals surface area contributed by atoms with Crippen LogP contribution < -0.4 is 10.6 Å². The Bertz CT molecular complexity index is 491. The van der Waals surface area contributed by atoms with E-state index in [4.69, 9.17) is 0 Å². The van der Waals surface area contributed by atoms with Crippen molar-refractivity contribution in [3.63, 3.8) is 0 Å². The van der Waals surface area contributed by atoms with Crippen LogP contribution in [-0.2, 0) is 11.0 Å². The summed E-state index contributed by atoms with van der Waals surface area (Å²) in [5, 5.41) is 1.81. The van der Waals surface area contributed by atoms with Gasteiger partial charge in [0, 0.05) is 10.6 Å². The Kier molecular flexibility index (Phi) is 3.48. The summed E-state index contributed by atoms with van der Waals surface area (Å²) in [5.74, 6) is 0. The van der Waals surface area contributed by atoms with E-state index in [1.165, 1.54) is 5.56 Å². The zero-order chi connectivity index (χ0) is 11.4. The predicted molar refractivity (Wildman–Crippen MR) is 69.1 cm³/mol. The van der Waals surface area contributed by atoms with Gasteiger partial charge in [0.25, 0.3) is 0 Å². The number of rotatable bonds is 3. The number of benzene rings is 2. The van der Waals surface area contributed by atoms with Gasteiger partial charge in [-0.25, -0.2) is 0 Å². The van der Waals surface area contributed by atoms with Gasteiger partial charge >= 0.3 is 0 Å². The average Bonchev–Trinajstić information content (AvgIpc) is 2.39. The van der Waals surface area contributed by atoms with Crippen molar-refractivity contribution < 1.29 is 4.57 Å². The van der Waals surface area contributed by atoms with Crippen molar-refractivity contribution in [1.29, 1.82) is 0 Å². The van der Waals surface area contributed by atoms with Crippen LogP contribution in [0.3, 0.4) is 0 Å². The van der Waals surface area contributed by atoms with E-state index in [0.717, 1.165) is 17.0 Å². The predicted octanol–water partition coefficient (Wildman–Crippen LogP) is 3.03. The second-order valence-electron chi connectivity index (χ2n) is 3.65. The molecule has 1 atom stereocenters. The molecule has 1 nitrogen and oxygen atoms in total. The molecule has 0 aliphatic carbocycles. The molecular formula is C14H14OP. The minimum atomic E-state index is -1.44. The molecule has 16 heavy (non-hydrogen) atoms. The first-order valence-corrected chi connectivity index (χ1v) is 6.68. The van der Waals surface area contributed by atoms with Crippen LogP contribution in [-0.4, -0.2) is 0 Å². The monoisotopic (exact) mass is 229 g/mol. The lowest BCUT2D eigenvalue weighted by molar-refractivity contribution is 0.598. The Morgan fingerprint density at radius 3 is 2.31 bits per heavy atom. The summed E-state index contributed by atoms with van der Waals surface area (Å²) in [6.45, 7) is 2.11. The van der Waals surface area contributed by atoms with E-state index < -0.39 is 7.80 Å². The molecule has 0 fully saturated rings. The van der Waals surface area contributed by atoms with Crippen LogP contribution in [0.25, 0.3) is 0 Å². The summed E-state index contributed by atoms with van der Waals surface area (Å²) < 4.78 is 12.3. The molecule has 0 aromatic heterocycles. The van der Waals surface area contributed by atoms with E-state index in [9.17, 15) is 4.57 Å². The van der Waals surface area contributed by atoms with Gasteiger partial charge in [0.05, 0.1) is 0 Å². The van der Waals surface area contributed by atoms with Gasteiger partial charge in [0.1, 0.15) is 7.80 Å². The molecule has 0 spiro atoms. The van der Waals surface area contributed by atoms with Crippen molar-refractivity contribution in [1.82, 2.24) is 0 Å². The molecule has 1 radical (unpaired) electrons. The Hall–Kier alpha value is -1.46. The van der Waals surface area contributed by atoms with E-state index in [1.54, 1.807) is 0 Å². The van der Waals surface area contributed by atoms with Gasteiger partial charge in [-0.2, -0.15) is 0 Å². The van der Waals surface area contributed by atoms with Crippen molar-refractivity contribution in [3.05, 3.63) is 60.2 Å². The molecule has 0 aliphatic heterocycles. The second kappa shape index (κ2) is 5.05. The normalized spacial score (nSPS) is 11.2. The smallest absolute Gasteiger partial charge is 0.136 e. The van der Waals surface area contributed by atoms with Crippen LogP contribution in [0.2, 0.25) is 0 Å².